The van der Waals surface area contributed by atoms with E-state index in [2.05, 4.69) is 13.6 Å². The highest BCUT2D eigenvalue weighted by atomic mass is 32.2. The molecule has 1 aromatic rings. The summed E-state index contributed by atoms with van der Waals surface area (Å²) < 4.78 is 30.8. The number of aromatic nitrogens is 1. The molecule has 0 unspecified atom stereocenters. The van der Waals surface area contributed by atoms with E-state index in [1.54, 1.807) is 6.07 Å². The Morgan fingerprint density at radius 1 is 1.77 bits per heavy atom. The summed E-state index contributed by atoms with van der Waals surface area (Å²) in [6.45, 7) is 1.43. The highest BCUT2D eigenvalue weighted by Crippen LogP contribution is 2.13. The van der Waals surface area contributed by atoms with Gasteiger partial charge < -0.3 is 8.60 Å². The monoisotopic (exact) mass is 202 g/mol. The predicted octanol–water partition coefficient (Wildman–Crippen LogP) is 0.275. The smallest absolute Gasteiger partial charge is 0.322 e. The van der Waals surface area contributed by atoms with E-state index >= 15 is 0 Å². The van der Waals surface area contributed by atoms with Gasteiger partial charge in [-0.2, -0.15) is 13.7 Å². The standard InChI is InChI=1S/C6H6N2O4S/c1-2-13(9,10)12-6-4-8-5(3-7)11-6/h4H,2H2,1H3. The molecule has 0 aliphatic rings. The van der Waals surface area contributed by atoms with Crippen LogP contribution in [0.5, 0.6) is 5.95 Å². The van der Waals surface area contributed by atoms with Gasteiger partial charge in [0.05, 0.1) is 5.75 Å². The van der Waals surface area contributed by atoms with Crippen molar-refractivity contribution in [2.45, 2.75) is 6.92 Å². The predicted molar refractivity (Wildman–Crippen MR) is 41.3 cm³/mol. The lowest BCUT2D eigenvalue weighted by Crippen LogP contribution is -2.10. The number of nitriles is 1. The first-order chi connectivity index (χ1) is 6.07. The minimum Gasteiger partial charge on any atom is -0.395 e. The third-order valence-electron chi connectivity index (χ3n) is 1.14. The molecule has 0 aliphatic heterocycles. The second kappa shape index (κ2) is 3.45. The fourth-order valence-corrected chi connectivity index (χ4v) is 0.979. The van der Waals surface area contributed by atoms with Crippen LogP contribution in [0.25, 0.3) is 0 Å². The normalized spacial score (nSPS) is 10.8. The average Bonchev–Trinajstić information content (AvgIpc) is 2.52. The second-order valence-corrected chi connectivity index (χ2v) is 3.89. The van der Waals surface area contributed by atoms with Gasteiger partial charge in [-0.1, -0.05) is 0 Å². The molecule has 13 heavy (non-hydrogen) atoms. The molecule has 0 atom stereocenters. The molecule has 0 saturated carbocycles. The van der Waals surface area contributed by atoms with Crippen LogP contribution < -0.4 is 4.18 Å². The van der Waals surface area contributed by atoms with E-state index in [1.165, 1.54) is 6.92 Å². The molecule has 0 N–H and O–H groups in total. The van der Waals surface area contributed by atoms with Crippen LogP contribution in [0.2, 0.25) is 0 Å². The first kappa shape index (κ1) is 9.54. The Labute approximate surface area is 74.9 Å². The van der Waals surface area contributed by atoms with Gasteiger partial charge in [-0.25, -0.2) is 4.98 Å². The van der Waals surface area contributed by atoms with Crippen LogP contribution in [-0.2, 0) is 10.1 Å². The van der Waals surface area contributed by atoms with Crippen molar-refractivity contribution in [3.8, 4) is 12.0 Å². The van der Waals surface area contributed by atoms with Crippen LogP contribution in [-0.4, -0.2) is 19.2 Å². The third kappa shape index (κ3) is 2.45. The van der Waals surface area contributed by atoms with E-state index in [0.29, 0.717) is 0 Å². The number of nitrogens with zero attached hydrogens (tertiary/aromatic N) is 2. The summed E-state index contributed by atoms with van der Waals surface area (Å²) >= 11 is 0. The van der Waals surface area contributed by atoms with Gasteiger partial charge in [-0.05, 0) is 6.92 Å². The Balaban J connectivity index is 2.83. The molecule has 0 radical (unpaired) electrons. The van der Waals surface area contributed by atoms with Crippen molar-refractivity contribution in [2.24, 2.45) is 0 Å². The van der Waals surface area contributed by atoms with Gasteiger partial charge in [0.15, 0.2) is 6.07 Å². The molecule has 0 aromatic carbocycles. The Kier molecular flexibility index (Phi) is 2.53. The highest BCUT2D eigenvalue weighted by molar-refractivity contribution is 7.87. The highest BCUT2D eigenvalue weighted by Gasteiger charge is 2.13. The molecule has 0 saturated heterocycles. The Hall–Kier alpha value is -1.55. The van der Waals surface area contributed by atoms with Crippen LogP contribution in [0.1, 0.15) is 12.8 Å². The van der Waals surface area contributed by atoms with Gasteiger partial charge in [0, 0.05) is 0 Å². The van der Waals surface area contributed by atoms with E-state index in [9.17, 15) is 8.42 Å². The maximum Gasteiger partial charge on any atom is 0.322 e. The Bertz CT molecular complexity index is 428. The molecule has 6 nitrogen and oxygen atoms in total. The fourth-order valence-electron chi connectivity index (χ4n) is 0.534. The topological polar surface area (TPSA) is 93.2 Å². The maximum absolute atomic E-state index is 10.9. The van der Waals surface area contributed by atoms with Crippen molar-refractivity contribution >= 4 is 10.1 Å². The molecule has 70 valence electrons. The van der Waals surface area contributed by atoms with Crippen LogP contribution in [0, 0.1) is 11.3 Å². The number of hydrogen-bond acceptors (Lipinski definition) is 6. The van der Waals surface area contributed by atoms with Gasteiger partial charge >= 0.3 is 22.0 Å². The van der Waals surface area contributed by atoms with E-state index < -0.39 is 10.1 Å². The first-order valence-corrected chi connectivity index (χ1v) is 4.93. The SMILES string of the molecule is CCS(=O)(=O)Oc1cnc(C#N)o1. The maximum atomic E-state index is 10.9. The zero-order valence-electron chi connectivity index (χ0n) is 6.72. The molecule has 0 fully saturated rings. The summed E-state index contributed by atoms with van der Waals surface area (Å²) in [5, 5.41) is 8.30. The molecule has 0 aliphatic carbocycles. The molecule has 7 heteroatoms. The van der Waals surface area contributed by atoms with E-state index in [-0.39, 0.29) is 17.6 Å². The minimum atomic E-state index is -3.61. The minimum absolute atomic E-state index is 0.171. The van der Waals surface area contributed by atoms with Crippen molar-refractivity contribution in [2.75, 3.05) is 5.75 Å². The molecular formula is C6H6N2O4S. The molecular weight excluding hydrogens is 196 g/mol. The first-order valence-electron chi connectivity index (χ1n) is 3.35. The zero-order valence-corrected chi connectivity index (χ0v) is 7.54. The zero-order chi connectivity index (χ0) is 9.90. The summed E-state index contributed by atoms with van der Waals surface area (Å²) in [7, 11) is -3.61. The van der Waals surface area contributed by atoms with E-state index in [1.807, 2.05) is 0 Å². The number of rotatable bonds is 3. The van der Waals surface area contributed by atoms with E-state index in [4.69, 9.17) is 5.26 Å². The summed E-state index contributed by atoms with van der Waals surface area (Å²) in [5.74, 6) is -0.699. The summed E-state index contributed by atoms with van der Waals surface area (Å²) in [4.78, 5) is 3.44. The molecule has 1 heterocycles. The van der Waals surface area contributed by atoms with Gasteiger partial charge in [0.1, 0.15) is 6.20 Å². The van der Waals surface area contributed by atoms with Crippen molar-refractivity contribution in [1.82, 2.24) is 4.98 Å². The van der Waals surface area contributed by atoms with Crippen molar-refractivity contribution in [3.05, 3.63) is 12.1 Å². The van der Waals surface area contributed by atoms with Crippen LogP contribution in [0.3, 0.4) is 0 Å². The van der Waals surface area contributed by atoms with E-state index in [0.717, 1.165) is 6.20 Å². The third-order valence-corrected chi connectivity index (χ3v) is 2.27. The van der Waals surface area contributed by atoms with Crippen molar-refractivity contribution in [1.29, 1.82) is 5.26 Å². The molecule has 1 rings (SSSR count). The average molecular weight is 202 g/mol. The lowest BCUT2D eigenvalue weighted by Gasteiger charge is -1.97. The molecule has 0 bridgehead atoms. The summed E-state index contributed by atoms with van der Waals surface area (Å²) in [5.41, 5.74) is 0. The van der Waals surface area contributed by atoms with Crippen molar-refractivity contribution in [3.63, 3.8) is 0 Å². The van der Waals surface area contributed by atoms with Gasteiger partial charge in [-0.15, -0.1) is 0 Å². The molecule has 0 spiro atoms. The van der Waals surface area contributed by atoms with Gasteiger partial charge in [-0.3, -0.25) is 0 Å². The lowest BCUT2D eigenvalue weighted by atomic mass is 10.8. The number of hydrogen-bond donors (Lipinski definition) is 0. The van der Waals surface area contributed by atoms with Crippen LogP contribution in [0.15, 0.2) is 10.6 Å². The van der Waals surface area contributed by atoms with Crippen molar-refractivity contribution < 1.29 is 17.0 Å². The molecule has 1 aromatic heterocycles. The van der Waals surface area contributed by atoms with Gasteiger partial charge in [0.2, 0.25) is 0 Å². The van der Waals surface area contributed by atoms with Crippen LogP contribution in [0.4, 0.5) is 0 Å². The largest absolute Gasteiger partial charge is 0.395 e. The quantitative estimate of drug-likeness (QED) is 0.653. The fraction of sp³-hybridized carbons (Fsp3) is 0.333. The summed E-state index contributed by atoms with van der Waals surface area (Å²) in [6, 6.07) is 1.60. The van der Waals surface area contributed by atoms with Crippen LogP contribution >= 0.6 is 0 Å². The Morgan fingerprint density at radius 3 is 2.92 bits per heavy atom. The second-order valence-electron chi connectivity index (χ2n) is 2.03. The summed E-state index contributed by atoms with van der Waals surface area (Å²) in [6.07, 6.45) is 1.03. The lowest BCUT2D eigenvalue weighted by molar-refractivity contribution is 0.378. The Morgan fingerprint density at radius 2 is 2.46 bits per heavy atom. The number of oxazole rings is 1. The van der Waals surface area contributed by atoms with Gasteiger partial charge in [0.25, 0.3) is 0 Å². The molecule has 0 amide bonds.